The molecule has 0 bridgehead atoms. The fraction of sp³-hybridized carbons (Fsp3) is 0.143. The number of hydrogen-bond acceptors (Lipinski definition) is 5. The molecular weight excluding hydrogens is 408 g/mol. The molecule has 3 aromatic rings. The predicted octanol–water partition coefficient (Wildman–Crippen LogP) is 4.80. The van der Waals surface area contributed by atoms with Gasteiger partial charge in [-0.25, -0.2) is 13.2 Å². The highest BCUT2D eigenvalue weighted by Gasteiger charge is 2.19. The number of carboxylic acids is 1. The number of anilines is 1. The molecule has 0 aliphatic carbocycles. The van der Waals surface area contributed by atoms with Crippen LogP contribution in [0.2, 0.25) is 0 Å². The van der Waals surface area contributed by atoms with E-state index in [0.29, 0.717) is 22.4 Å². The summed E-state index contributed by atoms with van der Waals surface area (Å²) in [6.45, 7) is 3.22. The number of carboxylic acid groups (broad SMARTS) is 1. The molecule has 0 saturated carbocycles. The second-order valence-electron chi connectivity index (χ2n) is 6.61. The van der Waals surface area contributed by atoms with E-state index in [4.69, 9.17) is 0 Å². The van der Waals surface area contributed by atoms with Crippen molar-refractivity contribution in [2.24, 2.45) is 0 Å². The van der Waals surface area contributed by atoms with Crippen LogP contribution in [0, 0.1) is 11.3 Å². The summed E-state index contributed by atoms with van der Waals surface area (Å²) in [7, 11) is -3.46. The van der Waals surface area contributed by atoms with Crippen LogP contribution in [0.25, 0.3) is 21.6 Å². The number of benzene rings is 2. The molecule has 29 heavy (non-hydrogen) atoms. The number of aromatic carboxylic acids is 1. The van der Waals surface area contributed by atoms with E-state index in [2.05, 4.69) is 10.8 Å². The first kappa shape index (κ1) is 20.6. The largest absolute Gasteiger partial charge is 0.478 e. The van der Waals surface area contributed by atoms with Crippen LogP contribution in [-0.4, -0.2) is 24.7 Å². The topological polar surface area (TPSA) is 107 Å². The van der Waals surface area contributed by atoms with E-state index in [1.54, 1.807) is 32.0 Å². The van der Waals surface area contributed by atoms with Crippen LogP contribution in [0.15, 0.2) is 53.9 Å². The van der Waals surface area contributed by atoms with Gasteiger partial charge in [-0.2, -0.15) is 5.26 Å². The maximum absolute atomic E-state index is 12.2. The molecule has 6 nitrogen and oxygen atoms in total. The van der Waals surface area contributed by atoms with Crippen molar-refractivity contribution < 1.29 is 18.3 Å². The van der Waals surface area contributed by atoms with Gasteiger partial charge in [0.05, 0.1) is 33.0 Å². The van der Waals surface area contributed by atoms with E-state index < -0.39 is 21.2 Å². The van der Waals surface area contributed by atoms with Crippen molar-refractivity contribution in [3.8, 4) is 27.6 Å². The monoisotopic (exact) mass is 426 g/mol. The zero-order valence-electron chi connectivity index (χ0n) is 15.7. The van der Waals surface area contributed by atoms with Crippen molar-refractivity contribution in [2.75, 3.05) is 4.72 Å². The lowest BCUT2D eigenvalue weighted by molar-refractivity contribution is 0.0697. The van der Waals surface area contributed by atoms with Gasteiger partial charge in [0.2, 0.25) is 10.0 Å². The number of thiophene rings is 1. The molecule has 1 heterocycles. The van der Waals surface area contributed by atoms with Gasteiger partial charge >= 0.3 is 5.97 Å². The Balaban J connectivity index is 1.98. The smallest absolute Gasteiger partial charge is 0.335 e. The molecule has 148 valence electrons. The SMILES string of the molecule is CC(C)S(=O)(=O)Nc1ccsc1-c1ccc(-c2cc(C(=O)O)ccc2C#N)cc1. The van der Waals surface area contributed by atoms with Crippen molar-refractivity contribution in [1.82, 2.24) is 0 Å². The quantitative estimate of drug-likeness (QED) is 0.589. The van der Waals surface area contributed by atoms with Crippen molar-refractivity contribution >= 4 is 33.0 Å². The van der Waals surface area contributed by atoms with Crippen molar-refractivity contribution in [1.29, 1.82) is 5.26 Å². The standard InChI is InChI=1S/C21H18N2O4S2/c1-13(2)29(26,27)23-19-9-10-28-20(19)15-5-3-14(4-6-15)18-11-16(21(24)25)7-8-17(18)12-22/h3-11,13,23H,1-2H3,(H,24,25). The molecule has 0 aliphatic rings. The molecule has 2 N–H and O–H groups in total. The first-order valence-corrected chi connectivity index (χ1v) is 11.1. The third kappa shape index (κ3) is 4.31. The van der Waals surface area contributed by atoms with Crippen LogP contribution in [-0.2, 0) is 10.0 Å². The Hall–Kier alpha value is -3.15. The summed E-state index contributed by atoms with van der Waals surface area (Å²) in [5.41, 5.74) is 3.05. The van der Waals surface area contributed by atoms with Crippen molar-refractivity contribution in [3.63, 3.8) is 0 Å². The second-order valence-corrected chi connectivity index (χ2v) is 9.77. The Labute approximate surface area is 173 Å². The van der Waals surface area contributed by atoms with E-state index in [9.17, 15) is 23.6 Å². The lowest BCUT2D eigenvalue weighted by Gasteiger charge is -2.12. The minimum absolute atomic E-state index is 0.103. The van der Waals surface area contributed by atoms with Crippen LogP contribution in [0.1, 0.15) is 29.8 Å². The summed E-state index contributed by atoms with van der Waals surface area (Å²) in [5.74, 6) is -1.06. The summed E-state index contributed by atoms with van der Waals surface area (Å²) in [6.07, 6.45) is 0. The number of carbonyl (C=O) groups is 1. The van der Waals surface area contributed by atoms with E-state index in [1.807, 2.05) is 17.5 Å². The first-order chi connectivity index (χ1) is 13.7. The molecule has 0 unspecified atom stereocenters. The predicted molar refractivity (Wildman–Crippen MR) is 115 cm³/mol. The normalized spacial score (nSPS) is 11.2. The zero-order chi connectivity index (χ0) is 21.2. The van der Waals surface area contributed by atoms with Gasteiger partial charge in [0.25, 0.3) is 0 Å². The van der Waals surface area contributed by atoms with Crippen LogP contribution < -0.4 is 4.72 Å². The van der Waals surface area contributed by atoms with E-state index in [0.717, 1.165) is 10.4 Å². The summed E-state index contributed by atoms with van der Waals surface area (Å²) < 4.78 is 27.0. The van der Waals surface area contributed by atoms with Gasteiger partial charge in [-0.05, 0) is 54.6 Å². The Morgan fingerprint density at radius 2 is 1.76 bits per heavy atom. The maximum Gasteiger partial charge on any atom is 0.335 e. The summed E-state index contributed by atoms with van der Waals surface area (Å²) in [6, 6.07) is 15.4. The molecule has 0 amide bonds. The number of sulfonamides is 1. The van der Waals surface area contributed by atoms with E-state index in [1.165, 1.54) is 29.5 Å². The van der Waals surface area contributed by atoms with E-state index in [-0.39, 0.29) is 5.56 Å². The molecule has 3 rings (SSSR count). The van der Waals surface area contributed by atoms with Crippen LogP contribution >= 0.6 is 11.3 Å². The Bertz CT molecular complexity index is 1200. The van der Waals surface area contributed by atoms with Crippen LogP contribution in [0.3, 0.4) is 0 Å². The number of nitrogens with one attached hydrogen (secondary N) is 1. The molecule has 0 saturated heterocycles. The van der Waals surface area contributed by atoms with Crippen LogP contribution in [0.5, 0.6) is 0 Å². The Kier molecular flexibility index (Phi) is 5.73. The number of nitriles is 1. The Morgan fingerprint density at radius 1 is 1.10 bits per heavy atom. The number of hydrogen-bond donors (Lipinski definition) is 2. The van der Waals surface area contributed by atoms with Gasteiger partial charge in [-0.1, -0.05) is 24.3 Å². The highest BCUT2D eigenvalue weighted by Crippen LogP contribution is 2.36. The van der Waals surface area contributed by atoms with Crippen LogP contribution in [0.4, 0.5) is 5.69 Å². The fourth-order valence-corrected chi connectivity index (χ4v) is 4.33. The molecule has 0 aliphatic heterocycles. The number of rotatable bonds is 6. The summed E-state index contributed by atoms with van der Waals surface area (Å²) in [4.78, 5) is 12.0. The lowest BCUT2D eigenvalue weighted by Crippen LogP contribution is -2.22. The maximum atomic E-state index is 12.2. The van der Waals surface area contributed by atoms with Gasteiger partial charge in [0.15, 0.2) is 0 Å². The third-order valence-electron chi connectivity index (χ3n) is 4.38. The minimum Gasteiger partial charge on any atom is -0.478 e. The Morgan fingerprint density at radius 3 is 2.34 bits per heavy atom. The first-order valence-electron chi connectivity index (χ1n) is 8.70. The second kappa shape index (κ2) is 8.07. The molecule has 8 heteroatoms. The average molecular weight is 427 g/mol. The van der Waals surface area contributed by atoms with Gasteiger partial charge in [-0.3, -0.25) is 4.72 Å². The fourth-order valence-electron chi connectivity index (χ4n) is 2.70. The molecule has 0 atom stereocenters. The molecule has 1 aromatic heterocycles. The summed E-state index contributed by atoms with van der Waals surface area (Å²) in [5, 5.41) is 19.8. The average Bonchev–Trinajstić information content (AvgIpc) is 3.14. The van der Waals surface area contributed by atoms with Crippen molar-refractivity contribution in [2.45, 2.75) is 19.1 Å². The van der Waals surface area contributed by atoms with Gasteiger partial charge in [-0.15, -0.1) is 11.3 Å². The van der Waals surface area contributed by atoms with E-state index >= 15 is 0 Å². The van der Waals surface area contributed by atoms with Gasteiger partial charge < -0.3 is 5.11 Å². The highest BCUT2D eigenvalue weighted by atomic mass is 32.2. The van der Waals surface area contributed by atoms with Crippen molar-refractivity contribution in [3.05, 3.63) is 65.0 Å². The molecule has 0 fully saturated rings. The number of nitrogens with zero attached hydrogens (tertiary/aromatic N) is 1. The minimum atomic E-state index is -3.46. The summed E-state index contributed by atoms with van der Waals surface area (Å²) >= 11 is 1.41. The molecule has 0 spiro atoms. The molecule has 2 aromatic carbocycles. The highest BCUT2D eigenvalue weighted by molar-refractivity contribution is 7.93. The van der Waals surface area contributed by atoms with Gasteiger partial charge in [0, 0.05) is 5.56 Å². The third-order valence-corrected chi connectivity index (χ3v) is 7.09. The molecule has 0 radical (unpaired) electrons. The molecular formula is C21H18N2O4S2. The van der Waals surface area contributed by atoms with Gasteiger partial charge in [0.1, 0.15) is 0 Å². The zero-order valence-corrected chi connectivity index (χ0v) is 17.3. The lowest BCUT2D eigenvalue weighted by atomic mass is 9.97.